The molecule has 1 aromatic rings. The summed E-state index contributed by atoms with van der Waals surface area (Å²) in [6.07, 6.45) is 0.855. The van der Waals surface area contributed by atoms with E-state index in [0.717, 1.165) is 18.3 Å². The topological polar surface area (TPSA) is 99.4 Å². The van der Waals surface area contributed by atoms with Crippen molar-refractivity contribution in [3.8, 4) is 5.88 Å². The van der Waals surface area contributed by atoms with Crippen molar-refractivity contribution in [2.24, 2.45) is 0 Å². The molecule has 1 aromatic heterocycles. The van der Waals surface area contributed by atoms with Crippen molar-refractivity contribution >= 4 is 15.8 Å². The van der Waals surface area contributed by atoms with Crippen LogP contribution in [-0.2, 0) is 10.1 Å². The number of halogens is 3. The average Bonchev–Trinajstić information content (AvgIpc) is 2.15. The second-order valence-electron chi connectivity index (χ2n) is 2.57. The zero-order valence-corrected chi connectivity index (χ0v) is 8.53. The summed E-state index contributed by atoms with van der Waals surface area (Å²) in [4.78, 5) is 12.3. The van der Waals surface area contributed by atoms with Crippen LogP contribution in [0.1, 0.15) is 0 Å². The zero-order chi connectivity index (χ0) is 13.3. The van der Waals surface area contributed by atoms with Gasteiger partial charge in [-0.05, 0) is 6.07 Å². The van der Waals surface area contributed by atoms with Crippen molar-refractivity contribution in [1.29, 1.82) is 0 Å². The number of pyridine rings is 1. The van der Waals surface area contributed by atoms with Crippen molar-refractivity contribution < 1.29 is 30.7 Å². The van der Waals surface area contributed by atoms with Gasteiger partial charge in [0.25, 0.3) is 0 Å². The lowest BCUT2D eigenvalue weighted by molar-refractivity contribution is -0.385. The second kappa shape index (κ2) is 4.16. The van der Waals surface area contributed by atoms with Crippen LogP contribution in [-0.4, -0.2) is 23.8 Å². The Morgan fingerprint density at radius 2 is 2.00 bits per heavy atom. The van der Waals surface area contributed by atoms with Crippen LogP contribution in [0.25, 0.3) is 0 Å². The summed E-state index contributed by atoms with van der Waals surface area (Å²) in [5.41, 5.74) is -6.67. The van der Waals surface area contributed by atoms with Gasteiger partial charge in [0.05, 0.1) is 4.92 Å². The third-order valence-electron chi connectivity index (χ3n) is 1.42. The number of nitrogens with zero attached hydrogens (tertiary/aromatic N) is 2. The Morgan fingerprint density at radius 1 is 1.41 bits per heavy atom. The van der Waals surface area contributed by atoms with Crippen molar-refractivity contribution in [2.45, 2.75) is 5.51 Å². The minimum Gasteiger partial charge on any atom is -0.348 e. The van der Waals surface area contributed by atoms with Crippen molar-refractivity contribution in [3.05, 3.63) is 28.4 Å². The highest BCUT2D eigenvalue weighted by Crippen LogP contribution is 2.30. The maximum atomic E-state index is 11.9. The first kappa shape index (κ1) is 13.2. The minimum atomic E-state index is -5.97. The molecule has 0 spiro atoms. The summed E-state index contributed by atoms with van der Waals surface area (Å²) in [7, 11) is -5.97. The van der Waals surface area contributed by atoms with E-state index in [-0.39, 0.29) is 0 Å². The summed E-state index contributed by atoms with van der Waals surface area (Å²) < 4.78 is 60.5. The molecular formula is C6H3F3N2O5S. The van der Waals surface area contributed by atoms with Crippen LogP contribution in [0.3, 0.4) is 0 Å². The molecule has 0 unspecified atom stereocenters. The summed E-state index contributed by atoms with van der Waals surface area (Å²) in [6, 6.07) is 1.80. The molecular weight excluding hydrogens is 269 g/mol. The lowest BCUT2D eigenvalue weighted by Gasteiger charge is -2.08. The van der Waals surface area contributed by atoms with Crippen molar-refractivity contribution in [1.82, 2.24) is 4.98 Å². The molecule has 7 nitrogen and oxygen atoms in total. The molecule has 0 saturated carbocycles. The smallest absolute Gasteiger partial charge is 0.348 e. The van der Waals surface area contributed by atoms with E-state index in [1.165, 1.54) is 0 Å². The molecule has 0 radical (unpaired) electrons. The monoisotopic (exact) mass is 272 g/mol. The number of rotatable bonds is 3. The quantitative estimate of drug-likeness (QED) is 0.355. The molecule has 0 bridgehead atoms. The third kappa shape index (κ3) is 2.81. The maximum Gasteiger partial charge on any atom is 0.534 e. The van der Waals surface area contributed by atoms with Gasteiger partial charge >= 0.3 is 27.2 Å². The summed E-state index contributed by atoms with van der Waals surface area (Å²) in [5, 5.41) is 10.4. The highest BCUT2D eigenvalue weighted by molar-refractivity contribution is 7.88. The van der Waals surface area contributed by atoms with Gasteiger partial charge in [0.2, 0.25) is 0 Å². The Labute approximate surface area is 92.1 Å². The molecule has 11 heteroatoms. The number of hydrogen-bond acceptors (Lipinski definition) is 6. The standard InChI is InChI=1S/C6H3F3N2O5S/c7-6(8,9)17(14,15)16-5-4(11(12)13)2-1-3-10-5/h1-3H. The van der Waals surface area contributed by atoms with Gasteiger partial charge in [-0.25, -0.2) is 4.98 Å². The third-order valence-corrected chi connectivity index (χ3v) is 2.36. The molecule has 0 atom stereocenters. The van der Waals surface area contributed by atoms with Gasteiger partial charge in [-0.1, -0.05) is 0 Å². The summed E-state index contributed by atoms with van der Waals surface area (Å²) in [6.45, 7) is 0. The molecule has 94 valence electrons. The van der Waals surface area contributed by atoms with E-state index < -0.39 is 32.1 Å². The Kier molecular flexibility index (Phi) is 3.22. The van der Waals surface area contributed by atoms with Gasteiger partial charge in [0.15, 0.2) is 0 Å². The first-order valence-corrected chi connectivity index (χ1v) is 5.16. The molecule has 0 saturated heterocycles. The van der Waals surface area contributed by atoms with E-state index in [9.17, 15) is 31.7 Å². The second-order valence-corrected chi connectivity index (χ2v) is 4.11. The van der Waals surface area contributed by atoms with Crippen LogP contribution in [0, 0.1) is 10.1 Å². The first-order chi connectivity index (χ1) is 7.65. The number of aromatic nitrogens is 1. The molecule has 0 N–H and O–H groups in total. The number of nitro groups is 1. The van der Waals surface area contributed by atoms with Gasteiger partial charge in [0.1, 0.15) is 0 Å². The average molecular weight is 272 g/mol. The highest BCUT2D eigenvalue weighted by atomic mass is 32.2. The van der Waals surface area contributed by atoms with Gasteiger partial charge in [0, 0.05) is 12.3 Å². The van der Waals surface area contributed by atoms with E-state index in [1.54, 1.807) is 0 Å². The van der Waals surface area contributed by atoms with E-state index in [2.05, 4.69) is 9.17 Å². The van der Waals surface area contributed by atoms with Crippen LogP contribution in [0.15, 0.2) is 18.3 Å². The Balaban J connectivity index is 3.18. The van der Waals surface area contributed by atoms with Crippen LogP contribution in [0.5, 0.6) is 5.88 Å². The molecule has 0 aliphatic heterocycles. The zero-order valence-electron chi connectivity index (χ0n) is 7.71. The number of alkyl halides is 3. The van der Waals surface area contributed by atoms with Gasteiger partial charge in [-0.2, -0.15) is 21.6 Å². The van der Waals surface area contributed by atoms with Crippen LogP contribution >= 0.6 is 0 Å². The van der Waals surface area contributed by atoms with Crippen LogP contribution in [0.2, 0.25) is 0 Å². The van der Waals surface area contributed by atoms with E-state index in [0.29, 0.717) is 0 Å². The molecule has 0 aliphatic rings. The minimum absolute atomic E-state index is 0.758. The first-order valence-electron chi connectivity index (χ1n) is 3.75. The summed E-state index contributed by atoms with van der Waals surface area (Å²) in [5.74, 6) is -1.24. The highest BCUT2D eigenvalue weighted by Gasteiger charge is 2.49. The Hall–Kier alpha value is -1.91. The Bertz CT molecular complexity index is 541. The van der Waals surface area contributed by atoms with E-state index in [4.69, 9.17) is 0 Å². The molecule has 0 amide bonds. The fourth-order valence-electron chi connectivity index (χ4n) is 0.737. The predicted octanol–water partition coefficient (Wildman–Crippen LogP) is 1.22. The lowest BCUT2D eigenvalue weighted by atomic mass is 10.4. The van der Waals surface area contributed by atoms with Crippen molar-refractivity contribution in [3.63, 3.8) is 0 Å². The normalized spacial score (nSPS) is 12.2. The maximum absolute atomic E-state index is 11.9. The number of hydrogen-bond donors (Lipinski definition) is 0. The molecule has 17 heavy (non-hydrogen) atoms. The largest absolute Gasteiger partial charge is 0.534 e. The predicted molar refractivity (Wildman–Crippen MR) is 46.5 cm³/mol. The summed E-state index contributed by atoms with van der Waals surface area (Å²) >= 11 is 0. The fourth-order valence-corrected chi connectivity index (χ4v) is 1.17. The molecule has 0 fully saturated rings. The van der Waals surface area contributed by atoms with Crippen molar-refractivity contribution in [2.75, 3.05) is 0 Å². The van der Waals surface area contributed by atoms with E-state index in [1.807, 2.05) is 0 Å². The van der Waals surface area contributed by atoms with Crippen LogP contribution in [0.4, 0.5) is 18.9 Å². The molecule has 0 aromatic carbocycles. The van der Waals surface area contributed by atoms with E-state index >= 15 is 0 Å². The molecule has 0 aliphatic carbocycles. The van der Waals surface area contributed by atoms with Crippen LogP contribution < -0.4 is 4.18 Å². The Morgan fingerprint density at radius 3 is 2.47 bits per heavy atom. The molecule has 1 rings (SSSR count). The fraction of sp³-hybridized carbons (Fsp3) is 0.167. The lowest BCUT2D eigenvalue weighted by Crippen LogP contribution is -2.28. The van der Waals surface area contributed by atoms with Gasteiger partial charge < -0.3 is 4.18 Å². The van der Waals surface area contributed by atoms with Gasteiger partial charge in [-0.15, -0.1) is 0 Å². The molecule has 1 heterocycles. The van der Waals surface area contributed by atoms with Gasteiger partial charge in [-0.3, -0.25) is 10.1 Å². The SMILES string of the molecule is O=[N+]([O-])c1cccnc1OS(=O)(=O)C(F)(F)F.